The van der Waals surface area contributed by atoms with E-state index in [1.54, 1.807) is 0 Å². The number of carbonyl (C=O) groups is 1. The smallest absolute Gasteiger partial charge is 0.344 e. The molecule has 5 nitrogen and oxygen atoms in total. The number of hydrogen-bond acceptors (Lipinski definition) is 5. The maximum Gasteiger partial charge on any atom is 0.344 e. The lowest BCUT2D eigenvalue weighted by Gasteiger charge is -2.34. The number of esters is 1. The van der Waals surface area contributed by atoms with Gasteiger partial charge in [0.2, 0.25) is 0 Å². The molecular formula is C27H36N2O3. The fourth-order valence-corrected chi connectivity index (χ4v) is 4.72. The van der Waals surface area contributed by atoms with Crippen molar-refractivity contribution in [3.8, 4) is 0 Å². The summed E-state index contributed by atoms with van der Waals surface area (Å²) >= 11 is 0. The molecule has 172 valence electrons. The summed E-state index contributed by atoms with van der Waals surface area (Å²) in [4.78, 5) is 14.6. The lowest BCUT2D eigenvalue weighted by molar-refractivity contribution is -0.154. The molecule has 0 atom stereocenters. The van der Waals surface area contributed by atoms with Crippen LogP contribution in [0.25, 0.3) is 0 Å². The molecule has 2 aliphatic carbocycles. The van der Waals surface area contributed by atoms with Gasteiger partial charge in [0.1, 0.15) is 11.9 Å². The van der Waals surface area contributed by atoms with Crippen LogP contribution >= 0.6 is 0 Å². The zero-order chi connectivity index (χ0) is 22.0. The molecule has 1 aromatic carbocycles. The third kappa shape index (κ3) is 6.99. The number of nitrogens with one attached hydrogen (secondary N) is 1. The molecule has 0 radical (unpaired) electrons. The van der Waals surface area contributed by atoms with Crippen LogP contribution in [0.4, 0.5) is 0 Å². The average molecular weight is 437 g/mol. The molecule has 1 heterocycles. The summed E-state index contributed by atoms with van der Waals surface area (Å²) < 4.78 is 11.2. The van der Waals surface area contributed by atoms with Crippen LogP contribution in [0.5, 0.6) is 0 Å². The molecule has 2 fully saturated rings. The van der Waals surface area contributed by atoms with Crippen LogP contribution < -0.4 is 5.32 Å². The van der Waals surface area contributed by atoms with Crippen molar-refractivity contribution in [1.82, 2.24) is 10.2 Å². The maximum absolute atomic E-state index is 12.1. The third-order valence-corrected chi connectivity index (χ3v) is 6.52. The molecule has 3 aliphatic rings. The van der Waals surface area contributed by atoms with E-state index in [-0.39, 0.29) is 18.7 Å². The Morgan fingerprint density at radius 1 is 1.03 bits per heavy atom. The average Bonchev–Trinajstić information content (AvgIpc) is 2.85. The van der Waals surface area contributed by atoms with Gasteiger partial charge in [-0.2, -0.15) is 0 Å². The molecule has 32 heavy (non-hydrogen) atoms. The minimum absolute atomic E-state index is 0.0130. The highest BCUT2D eigenvalue weighted by molar-refractivity contribution is 5.71. The highest BCUT2D eigenvalue weighted by atomic mass is 16.6. The van der Waals surface area contributed by atoms with Gasteiger partial charge in [0, 0.05) is 18.8 Å². The summed E-state index contributed by atoms with van der Waals surface area (Å²) in [6.45, 7) is 3.05. The predicted molar refractivity (Wildman–Crippen MR) is 127 cm³/mol. The summed E-state index contributed by atoms with van der Waals surface area (Å²) in [5, 5.41) is 3.47. The number of allylic oxidation sites excluding steroid dienone is 4. The Hall–Kier alpha value is -2.53. The maximum atomic E-state index is 12.1. The van der Waals surface area contributed by atoms with E-state index in [0.717, 1.165) is 70.3 Å². The first-order chi connectivity index (χ1) is 15.8. The van der Waals surface area contributed by atoms with Crippen molar-refractivity contribution in [3.05, 3.63) is 71.7 Å². The van der Waals surface area contributed by atoms with Gasteiger partial charge in [0.25, 0.3) is 0 Å². The van der Waals surface area contributed by atoms with Gasteiger partial charge >= 0.3 is 5.97 Å². The van der Waals surface area contributed by atoms with Crippen LogP contribution in [0.1, 0.15) is 56.9 Å². The second-order valence-electron chi connectivity index (χ2n) is 9.03. The molecule has 5 heteroatoms. The monoisotopic (exact) mass is 436 g/mol. The predicted octanol–water partition coefficient (Wildman–Crippen LogP) is 4.86. The fraction of sp³-hybridized carbons (Fsp3) is 0.519. The second kappa shape index (κ2) is 11.9. The Kier molecular flexibility index (Phi) is 8.43. The molecule has 0 unspecified atom stereocenters. The van der Waals surface area contributed by atoms with Crippen molar-refractivity contribution < 1.29 is 14.3 Å². The van der Waals surface area contributed by atoms with Crippen LogP contribution in [0.2, 0.25) is 0 Å². The molecule has 0 spiro atoms. The van der Waals surface area contributed by atoms with E-state index in [9.17, 15) is 4.79 Å². The van der Waals surface area contributed by atoms with Gasteiger partial charge in [-0.25, -0.2) is 4.79 Å². The summed E-state index contributed by atoms with van der Waals surface area (Å²) in [6.07, 6.45) is 17.2. The summed E-state index contributed by atoms with van der Waals surface area (Å²) in [6, 6.07) is 11.2. The minimum Gasteiger partial charge on any atom is -0.482 e. The van der Waals surface area contributed by atoms with Crippen molar-refractivity contribution in [2.75, 3.05) is 19.7 Å². The molecule has 0 bridgehead atoms. The van der Waals surface area contributed by atoms with E-state index >= 15 is 0 Å². The Balaban J connectivity index is 1.30. The molecule has 0 amide bonds. The summed E-state index contributed by atoms with van der Waals surface area (Å²) in [5.41, 5.74) is 2.59. The molecule has 1 aliphatic heterocycles. The van der Waals surface area contributed by atoms with Gasteiger partial charge in [-0.15, -0.1) is 0 Å². The number of benzene rings is 1. The Morgan fingerprint density at radius 2 is 1.81 bits per heavy atom. The van der Waals surface area contributed by atoms with Crippen molar-refractivity contribution >= 4 is 5.97 Å². The SMILES string of the molecule is O=C(COC1=CCC(=CN(Cc2ccccc2)C2CCNCC2)C=C1)OC1CCCCC1. The second-order valence-corrected chi connectivity index (χ2v) is 9.03. The van der Waals surface area contributed by atoms with E-state index in [2.05, 4.69) is 58.9 Å². The minimum atomic E-state index is -0.257. The standard InChI is InChI=1S/C27H36N2O3/c30-27(32-26-9-5-2-6-10-26)21-31-25-13-11-23(12-14-25)20-29(24-15-17-28-18-16-24)19-22-7-3-1-4-8-22/h1,3-4,7-8,11,13-14,20,24,26,28H,2,5-6,9-10,12,15-19,21H2. The molecule has 1 aromatic rings. The van der Waals surface area contributed by atoms with E-state index in [1.807, 2.05) is 6.08 Å². The molecule has 1 saturated carbocycles. The number of piperidine rings is 1. The highest BCUT2D eigenvalue weighted by Gasteiger charge is 2.20. The van der Waals surface area contributed by atoms with Crippen LogP contribution in [0.3, 0.4) is 0 Å². The number of nitrogens with zero attached hydrogens (tertiary/aromatic N) is 1. The quantitative estimate of drug-likeness (QED) is 0.590. The Labute approximate surface area is 192 Å². The number of hydrogen-bond donors (Lipinski definition) is 1. The first-order valence-electron chi connectivity index (χ1n) is 12.2. The van der Waals surface area contributed by atoms with Crippen LogP contribution in [-0.2, 0) is 20.8 Å². The first kappa shape index (κ1) is 22.7. The fourth-order valence-electron chi connectivity index (χ4n) is 4.72. The molecule has 4 rings (SSSR count). The number of carbonyl (C=O) groups excluding carboxylic acids is 1. The van der Waals surface area contributed by atoms with Crippen molar-refractivity contribution in [3.63, 3.8) is 0 Å². The van der Waals surface area contributed by atoms with Crippen molar-refractivity contribution in [2.24, 2.45) is 0 Å². The third-order valence-electron chi connectivity index (χ3n) is 6.52. The van der Waals surface area contributed by atoms with Gasteiger partial charge in [-0.05, 0) is 81.3 Å². The van der Waals surface area contributed by atoms with Crippen LogP contribution in [0, 0.1) is 0 Å². The molecule has 0 aromatic heterocycles. The first-order valence-corrected chi connectivity index (χ1v) is 12.2. The largest absolute Gasteiger partial charge is 0.482 e. The van der Waals surface area contributed by atoms with Crippen LogP contribution in [-0.4, -0.2) is 42.7 Å². The van der Waals surface area contributed by atoms with Gasteiger partial charge in [-0.3, -0.25) is 0 Å². The van der Waals surface area contributed by atoms with Gasteiger partial charge in [-0.1, -0.05) is 42.8 Å². The van der Waals surface area contributed by atoms with Crippen LogP contribution in [0.15, 0.2) is 66.1 Å². The normalized spacial score (nSPS) is 21.2. The van der Waals surface area contributed by atoms with E-state index in [4.69, 9.17) is 9.47 Å². The Morgan fingerprint density at radius 3 is 2.53 bits per heavy atom. The summed E-state index contributed by atoms with van der Waals surface area (Å²) in [7, 11) is 0. The van der Waals surface area contributed by atoms with Gasteiger partial charge in [0.15, 0.2) is 6.61 Å². The number of rotatable bonds is 8. The topological polar surface area (TPSA) is 50.8 Å². The van der Waals surface area contributed by atoms with Gasteiger partial charge < -0.3 is 19.7 Å². The molecular weight excluding hydrogens is 400 g/mol. The van der Waals surface area contributed by atoms with Crippen molar-refractivity contribution in [1.29, 1.82) is 0 Å². The lowest BCUT2D eigenvalue weighted by atomic mass is 9.98. The van der Waals surface area contributed by atoms with E-state index < -0.39 is 0 Å². The van der Waals surface area contributed by atoms with E-state index in [1.165, 1.54) is 17.6 Å². The molecule has 1 N–H and O–H groups in total. The summed E-state index contributed by atoms with van der Waals surface area (Å²) in [5.74, 6) is 0.492. The highest BCUT2D eigenvalue weighted by Crippen LogP contribution is 2.23. The van der Waals surface area contributed by atoms with Gasteiger partial charge in [0.05, 0.1) is 0 Å². The number of ether oxygens (including phenoxy) is 2. The zero-order valence-corrected chi connectivity index (χ0v) is 19.0. The zero-order valence-electron chi connectivity index (χ0n) is 19.0. The van der Waals surface area contributed by atoms with E-state index in [0.29, 0.717) is 6.04 Å². The van der Waals surface area contributed by atoms with Crippen molar-refractivity contribution in [2.45, 2.75) is 70.1 Å². The Bertz CT molecular complexity index is 819. The lowest BCUT2D eigenvalue weighted by Crippen LogP contribution is -2.40. The molecule has 1 saturated heterocycles.